The zero-order valence-electron chi connectivity index (χ0n) is 21.6. The summed E-state index contributed by atoms with van der Waals surface area (Å²) in [5.74, 6) is 0.840. The second-order valence-electron chi connectivity index (χ2n) is 10.2. The molecule has 0 radical (unpaired) electrons. The van der Waals surface area contributed by atoms with Crippen LogP contribution in [0.1, 0.15) is 54.2 Å². The maximum atomic E-state index is 14.8. The van der Waals surface area contributed by atoms with Crippen LogP contribution in [0.5, 0.6) is 0 Å². The number of rotatable bonds is 5. The Bertz CT molecular complexity index is 1330. The first-order chi connectivity index (χ1) is 16.0. The van der Waals surface area contributed by atoms with Gasteiger partial charge in [0, 0.05) is 22.7 Å². The highest BCUT2D eigenvalue weighted by Gasteiger charge is 2.32. The maximum absolute atomic E-state index is 14.8. The molecule has 0 amide bonds. The van der Waals surface area contributed by atoms with Gasteiger partial charge in [-0.3, -0.25) is 4.57 Å². The van der Waals surface area contributed by atoms with E-state index in [1.165, 1.54) is 27.8 Å². The van der Waals surface area contributed by atoms with E-state index in [-0.39, 0.29) is 0 Å². The molecule has 0 saturated heterocycles. The molecule has 34 heavy (non-hydrogen) atoms. The van der Waals surface area contributed by atoms with Gasteiger partial charge in [0.25, 0.3) is 0 Å². The molecule has 0 fully saturated rings. The number of hydrogen-bond acceptors (Lipinski definition) is 1. The van der Waals surface area contributed by atoms with Gasteiger partial charge in [0.1, 0.15) is 12.0 Å². The molecule has 3 heteroatoms. The number of aromatic nitrogens is 2. The molecule has 0 aliphatic heterocycles. The zero-order valence-corrected chi connectivity index (χ0v) is 21.6. The minimum atomic E-state index is -1.00. The quantitative estimate of drug-likeness (QED) is 0.296. The largest absolute Gasteiger partial charge is 0.299 e. The van der Waals surface area contributed by atoms with Crippen LogP contribution in [0.2, 0.25) is 0 Å². The summed E-state index contributed by atoms with van der Waals surface area (Å²) in [6.07, 6.45) is 1.13. The molecule has 1 aromatic heterocycles. The summed E-state index contributed by atoms with van der Waals surface area (Å²) in [5, 5.41) is 0. The van der Waals surface area contributed by atoms with E-state index in [0.29, 0.717) is 0 Å². The Morgan fingerprint density at radius 1 is 0.824 bits per heavy atom. The first-order valence-electron chi connectivity index (χ1n) is 12.0. The third-order valence-electron chi connectivity index (χ3n) is 7.24. The van der Waals surface area contributed by atoms with Crippen LogP contribution in [-0.4, -0.2) is 15.7 Å². The van der Waals surface area contributed by atoms with Crippen molar-refractivity contribution >= 4 is 0 Å². The Morgan fingerprint density at radius 2 is 1.47 bits per heavy atom. The number of alkyl halides is 1. The summed E-state index contributed by atoms with van der Waals surface area (Å²) in [5.41, 5.74) is 10.5. The number of hydrogen-bond donors (Lipinski definition) is 0. The Hall–Kier alpha value is -3.20. The molecule has 0 aliphatic rings. The van der Waals surface area contributed by atoms with Gasteiger partial charge in [-0.05, 0) is 75.4 Å². The van der Waals surface area contributed by atoms with Crippen molar-refractivity contribution in [1.29, 1.82) is 0 Å². The highest BCUT2D eigenvalue weighted by atomic mass is 19.1. The monoisotopic (exact) mass is 454 g/mol. The predicted molar refractivity (Wildman–Crippen MR) is 142 cm³/mol. The Labute approximate surface area is 203 Å². The van der Waals surface area contributed by atoms with E-state index in [2.05, 4.69) is 81.8 Å². The number of imidazole rings is 1. The summed E-state index contributed by atoms with van der Waals surface area (Å²) in [7, 11) is 0. The lowest BCUT2D eigenvalue weighted by Crippen LogP contribution is -2.28. The molecule has 0 N–H and O–H groups in total. The molecule has 1 atom stereocenters. The van der Waals surface area contributed by atoms with Crippen LogP contribution in [0.4, 0.5) is 4.39 Å². The van der Waals surface area contributed by atoms with Crippen molar-refractivity contribution < 1.29 is 4.39 Å². The second kappa shape index (κ2) is 8.87. The van der Waals surface area contributed by atoms with Crippen molar-refractivity contribution in [3.63, 3.8) is 0 Å². The normalized spacial score (nSPS) is 12.7. The zero-order chi connectivity index (χ0) is 24.8. The lowest BCUT2D eigenvalue weighted by atomic mass is 9.78. The minimum Gasteiger partial charge on any atom is -0.299 e. The van der Waals surface area contributed by atoms with Gasteiger partial charge < -0.3 is 0 Å². The number of nitrogens with zero attached hydrogens (tertiary/aromatic N) is 2. The Kier molecular flexibility index (Phi) is 6.24. The molecule has 0 aliphatic carbocycles. The predicted octanol–water partition coefficient (Wildman–Crippen LogP) is 8.38. The second-order valence-corrected chi connectivity index (χ2v) is 10.2. The fourth-order valence-corrected chi connectivity index (χ4v) is 4.79. The van der Waals surface area contributed by atoms with Crippen LogP contribution >= 0.6 is 0 Å². The smallest absolute Gasteiger partial charge is 0.145 e. The van der Waals surface area contributed by atoms with E-state index in [0.717, 1.165) is 33.9 Å². The Morgan fingerprint density at radius 3 is 2.09 bits per heavy atom. The molecule has 2 nitrogen and oxygen atoms in total. The van der Waals surface area contributed by atoms with Crippen molar-refractivity contribution in [1.82, 2.24) is 9.55 Å². The maximum Gasteiger partial charge on any atom is 0.145 e. The molecular formula is C31H35FN2. The number of benzene rings is 3. The van der Waals surface area contributed by atoms with Crippen LogP contribution in [0.25, 0.3) is 28.3 Å². The van der Waals surface area contributed by atoms with Crippen molar-refractivity contribution in [2.75, 3.05) is 0 Å². The summed E-state index contributed by atoms with van der Waals surface area (Å²) in [4.78, 5) is 5.18. The van der Waals surface area contributed by atoms with Gasteiger partial charge in [0.2, 0.25) is 0 Å². The topological polar surface area (TPSA) is 17.8 Å². The average molecular weight is 455 g/mol. The third kappa shape index (κ3) is 4.20. The summed E-state index contributed by atoms with van der Waals surface area (Å²) in [6, 6.07) is 19.0. The molecule has 4 aromatic rings. The minimum absolute atomic E-state index is 0.647. The van der Waals surface area contributed by atoms with Gasteiger partial charge in [-0.15, -0.1) is 0 Å². The van der Waals surface area contributed by atoms with Gasteiger partial charge in [0.15, 0.2) is 0 Å². The fourth-order valence-electron chi connectivity index (χ4n) is 4.79. The lowest BCUT2D eigenvalue weighted by Gasteiger charge is -2.29. The van der Waals surface area contributed by atoms with Crippen LogP contribution in [0.3, 0.4) is 0 Å². The number of halogens is 1. The van der Waals surface area contributed by atoms with Gasteiger partial charge in [-0.1, -0.05) is 67.9 Å². The molecule has 1 heterocycles. The van der Waals surface area contributed by atoms with E-state index in [1.807, 2.05) is 32.0 Å². The van der Waals surface area contributed by atoms with Gasteiger partial charge in [-0.2, -0.15) is 0 Å². The molecular weight excluding hydrogens is 419 g/mol. The fraction of sp³-hybridized carbons (Fsp3) is 0.323. The highest BCUT2D eigenvalue weighted by Crippen LogP contribution is 2.39. The average Bonchev–Trinajstić information content (AvgIpc) is 3.19. The lowest BCUT2D eigenvalue weighted by molar-refractivity contribution is 0.237. The SMILES string of the molecule is Cc1cc(C)c(-n2cc(-c3ccc(C)c(C)c3)nc2-c2ccccc2C(C)(C)[C@@H](C)F)c(C)c1. The van der Waals surface area contributed by atoms with Crippen LogP contribution in [0.15, 0.2) is 60.8 Å². The first-order valence-corrected chi connectivity index (χ1v) is 12.0. The molecule has 0 bridgehead atoms. The number of aryl methyl sites for hydroxylation is 5. The highest BCUT2D eigenvalue weighted by molar-refractivity contribution is 5.72. The van der Waals surface area contributed by atoms with Crippen molar-refractivity contribution in [2.45, 2.75) is 67.0 Å². The van der Waals surface area contributed by atoms with Gasteiger partial charge in [0.05, 0.1) is 11.4 Å². The standard InChI is InChI=1S/C31H35FN2/c1-19-15-22(4)29(23(5)16-19)34-18-28(25-14-13-20(2)21(3)17-25)33-30(34)26-11-9-10-12-27(26)31(7,8)24(6)32/h9-18,24H,1-8H3/t24-/m1/s1. The van der Waals surface area contributed by atoms with E-state index in [1.54, 1.807) is 6.92 Å². The van der Waals surface area contributed by atoms with Crippen LogP contribution in [0, 0.1) is 34.6 Å². The van der Waals surface area contributed by atoms with E-state index >= 15 is 0 Å². The first kappa shape index (κ1) is 23.9. The summed E-state index contributed by atoms with van der Waals surface area (Å²) in [6.45, 7) is 16.2. The summed E-state index contributed by atoms with van der Waals surface area (Å²) < 4.78 is 17.0. The van der Waals surface area contributed by atoms with Gasteiger partial charge in [-0.25, -0.2) is 9.37 Å². The van der Waals surface area contributed by atoms with Crippen LogP contribution in [-0.2, 0) is 5.41 Å². The molecule has 4 rings (SSSR count). The van der Waals surface area contributed by atoms with Crippen LogP contribution < -0.4 is 0 Å². The molecule has 0 unspecified atom stereocenters. The van der Waals surface area contributed by atoms with E-state index in [9.17, 15) is 4.39 Å². The molecule has 0 spiro atoms. The Balaban J connectivity index is 2.04. The van der Waals surface area contributed by atoms with Crippen molar-refractivity contribution in [3.05, 3.63) is 94.2 Å². The van der Waals surface area contributed by atoms with Crippen molar-refractivity contribution in [2.24, 2.45) is 0 Å². The van der Waals surface area contributed by atoms with E-state index < -0.39 is 11.6 Å². The third-order valence-corrected chi connectivity index (χ3v) is 7.24. The van der Waals surface area contributed by atoms with Crippen molar-refractivity contribution in [3.8, 4) is 28.3 Å². The van der Waals surface area contributed by atoms with Gasteiger partial charge >= 0.3 is 0 Å². The summed E-state index contributed by atoms with van der Waals surface area (Å²) >= 11 is 0. The molecule has 176 valence electrons. The molecule has 3 aromatic carbocycles. The molecule has 0 saturated carbocycles. The van der Waals surface area contributed by atoms with E-state index in [4.69, 9.17) is 4.98 Å².